The molecule has 9 heteroatoms. The number of benzene rings is 2. The molecule has 1 fully saturated rings. The van der Waals surface area contributed by atoms with Gasteiger partial charge in [0.25, 0.3) is 5.56 Å². The number of ether oxygens (including phenoxy) is 2. The van der Waals surface area contributed by atoms with Crippen molar-refractivity contribution in [1.29, 1.82) is 0 Å². The van der Waals surface area contributed by atoms with Gasteiger partial charge in [-0.3, -0.25) is 9.59 Å². The van der Waals surface area contributed by atoms with Crippen molar-refractivity contribution in [2.24, 2.45) is 0 Å². The zero-order chi connectivity index (χ0) is 24.8. The Balaban J connectivity index is 1.32. The van der Waals surface area contributed by atoms with E-state index in [-0.39, 0.29) is 36.1 Å². The minimum atomic E-state index is -0.333. The zero-order valence-electron chi connectivity index (χ0n) is 20.4. The molecule has 0 bridgehead atoms. The Kier molecular flexibility index (Phi) is 7.64. The Morgan fingerprint density at radius 3 is 2.49 bits per heavy atom. The Bertz CT molecular complexity index is 1220. The number of aryl methyl sites for hydroxylation is 1. The van der Waals surface area contributed by atoms with Crippen molar-refractivity contribution in [2.75, 3.05) is 38.2 Å². The predicted octanol–water partition coefficient (Wildman–Crippen LogP) is 2.91. The molecule has 1 aliphatic heterocycles. The molecule has 9 nitrogen and oxygen atoms in total. The maximum absolute atomic E-state index is 12.8. The van der Waals surface area contributed by atoms with Crippen LogP contribution in [-0.2, 0) is 11.2 Å². The summed E-state index contributed by atoms with van der Waals surface area (Å²) >= 11 is 0. The van der Waals surface area contributed by atoms with Crippen LogP contribution in [0.15, 0.2) is 53.3 Å². The van der Waals surface area contributed by atoms with Gasteiger partial charge in [-0.25, -0.2) is 0 Å². The van der Waals surface area contributed by atoms with Gasteiger partial charge in [-0.1, -0.05) is 18.2 Å². The third kappa shape index (κ3) is 6.17. The fraction of sp³-hybridized carbons (Fsp3) is 0.385. The Labute approximate surface area is 204 Å². The first kappa shape index (κ1) is 24.3. The highest BCUT2D eigenvalue weighted by Gasteiger charge is 2.22. The lowest BCUT2D eigenvalue weighted by Crippen LogP contribution is -2.48. The normalized spacial score (nSPS) is 13.7. The van der Waals surface area contributed by atoms with E-state index in [1.54, 1.807) is 7.11 Å². The number of piperazine rings is 1. The van der Waals surface area contributed by atoms with Crippen molar-refractivity contribution in [3.05, 3.63) is 64.6 Å². The van der Waals surface area contributed by atoms with E-state index in [1.807, 2.05) is 67.3 Å². The molecular weight excluding hydrogens is 446 g/mol. The first-order valence-corrected chi connectivity index (χ1v) is 11.8. The minimum absolute atomic E-state index is 0.0131. The molecule has 0 radical (unpaired) electrons. The van der Waals surface area contributed by atoms with E-state index in [0.29, 0.717) is 30.2 Å². The van der Waals surface area contributed by atoms with Crippen molar-refractivity contribution < 1.29 is 14.3 Å². The molecule has 0 unspecified atom stereocenters. The van der Waals surface area contributed by atoms with Crippen LogP contribution in [0.25, 0.3) is 11.4 Å². The summed E-state index contributed by atoms with van der Waals surface area (Å²) in [5, 5.41) is 8.28. The lowest BCUT2D eigenvalue weighted by atomic mass is 10.2. The summed E-state index contributed by atoms with van der Waals surface area (Å²) < 4.78 is 11.0. The van der Waals surface area contributed by atoms with Crippen LogP contribution < -0.4 is 19.9 Å². The highest BCUT2D eigenvalue weighted by molar-refractivity contribution is 5.76. The average molecular weight is 478 g/mol. The summed E-state index contributed by atoms with van der Waals surface area (Å²) in [6.07, 6.45) is 0.502. The third-order valence-corrected chi connectivity index (χ3v) is 5.87. The van der Waals surface area contributed by atoms with Crippen molar-refractivity contribution in [3.63, 3.8) is 0 Å². The van der Waals surface area contributed by atoms with E-state index < -0.39 is 0 Å². The van der Waals surface area contributed by atoms with Crippen molar-refractivity contribution in [1.82, 2.24) is 20.1 Å². The van der Waals surface area contributed by atoms with Crippen LogP contribution in [0.2, 0.25) is 0 Å². The van der Waals surface area contributed by atoms with Crippen LogP contribution in [-0.4, -0.2) is 65.4 Å². The van der Waals surface area contributed by atoms with Gasteiger partial charge in [-0.2, -0.15) is 0 Å². The van der Waals surface area contributed by atoms with Crippen LogP contribution in [0, 0.1) is 0 Å². The summed E-state index contributed by atoms with van der Waals surface area (Å²) in [6.45, 7) is 6.65. The van der Waals surface area contributed by atoms with Crippen LogP contribution in [0.4, 0.5) is 5.69 Å². The number of aromatic amines is 1. The number of hydrogen-bond acceptors (Lipinski definition) is 7. The molecule has 35 heavy (non-hydrogen) atoms. The monoisotopic (exact) mass is 477 g/mol. The number of nitrogens with zero attached hydrogens (tertiary/aromatic N) is 4. The number of carbonyl (C=O) groups excluding carboxylic acids is 1. The number of carbonyl (C=O) groups is 1. The Morgan fingerprint density at radius 1 is 1.03 bits per heavy atom. The van der Waals surface area contributed by atoms with Gasteiger partial charge in [0.05, 0.1) is 13.2 Å². The van der Waals surface area contributed by atoms with Gasteiger partial charge in [-0.05, 0) is 38.1 Å². The number of hydrogen-bond donors (Lipinski definition) is 1. The molecule has 1 aliphatic rings. The first-order valence-electron chi connectivity index (χ1n) is 11.8. The second-order valence-electron chi connectivity index (χ2n) is 8.71. The SMILES string of the molecule is COc1cccc(N2CCN(C(=O)CCc3nnc(-c4cccc(OC(C)C)c4)[nH]c3=O)CC2)c1. The lowest BCUT2D eigenvalue weighted by molar-refractivity contribution is -0.131. The smallest absolute Gasteiger partial charge is 0.273 e. The highest BCUT2D eigenvalue weighted by Crippen LogP contribution is 2.23. The third-order valence-electron chi connectivity index (χ3n) is 5.87. The molecule has 0 saturated carbocycles. The van der Waals surface area contributed by atoms with Crippen LogP contribution in [0.5, 0.6) is 11.5 Å². The van der Waals surface area contributed by atoms with E-state index in [9.17, 15) is 9.59 Å². The van der Waals surface area contributed by atoms with Gasteiger partial charge < -0.3 is 24.3 Å². The van der Waals surface area contributed by atoms with E-state index >= 15 is 0 Å². The minimum Gasteiger partial charge on any atom is -0.497 e. The largest absolute Gasteiger partial charge is 0.497 e. The second-order valence-corrected chi connectivity index (χ2v) is 8.71. The van der Waals surface area contributed by atoms with Crippen molar-refractivity contribution >= 4 is 11.6 Å². The number of amides is 1. The molecule has 2 aromatic carbocycles. The summed E-state index contributed by atoms with van der Waals surface area (Å²) in [7, 11) is 1.65. The van der Waals surface area contributed by atoms with E-state index in [0.717, 1.165) is 24.5 Å². The number of methoxy groups -OCH3 is 1. The van der Waals surface area contributed by atoms with E-state index in [2.05, 4.69) is 20.1 Å². The number of anilines is 1. The summed E-state index contributed by atoms with van der Waals surface area (Å²) in [5.41, 5.74) is 1.72. The molecule has 3 aromatic rings. The molecule has 1 amide bonds. The fourth-order valence-corrected chi connectivity index (χ4v) is 4.05. The molecular formula is C26H31N5O4. The number of aromatic nitrogens is 3. The summed E-state index contributed by atoms with van der Waals surface area (Å²) in [6, 6.07) is 15.3. The molecule has 4 rings (SSSR count). The molecule has 1 aromatic heterocycles. The van der Waals surface area contributed by atoms with Gasteiger partial charge in [0, 0.05) is 56.3 Å². The van der Waals surface area contributed by atoms with E-state index in [4.69, 9.17) is 9.47 Å². The topological polar surface area (TPSA) is 101 Å². The van der Waals surface area contributed by atoms with Crippen molar-refractivity contribution in [2.45, 2.75) is 32.8 Å². The molecule has 184 valence electrons. The van der Waals surface area contributed by atoms with Gasteiger partial charge in [0.1, 0.15) is 17.2 Å². The van der Waals surface area contributed by atoms with Gasteiger partial charge in [0.15, 0.2) is 5.82 Å². The van der Waals surface area contributed by atoms with E-state index in [1.165, 1.54) is 0 Å². The van der Waals surface area contributed by atoms with Gasteiger partial charge in [0.2, 0.25) is 5.91 Å². The quantitative estimate of drug-likeness (QED) is 0.532. The average Bonchev–Trinajstić information content (AvgIpc) is 2.87. The number of H-pyrrole nitrogens is 1. The number of rotatable bonds is 8. The molecule has 1 N–H and O–H groups in total. The molecule has 1 saturated heterocycles. The first-order chi connectivity index (χ1) is 16.9. The second kappa shape index (κ2) is 11.0. The fourth-order valence-electron chi connectivity index (χ4n) is 4.05. The molecule has 0 aliphatic carbocycles. The Morgan fingerprint density at radius 2 is 1.77 bits per heavy atom. The molecule has 0 spiro atoms. The van der Waals surface area contributed by atoms with Crippen molar-refractivity contribution in [3.8, 4) is 22.9 Å². The number of nitrogens with one attached hydrogen (secondary N) is 1. The highest BCUT2D eigenvalue weighted by atomic mass is 16.5. The Hall–Kier alpha value is -3.88. The zero-order valence-corrected chi connectivity index (χ0v) is 20.4. The van der Waals surface area contributed by atoms with Gasteiger partial charge in [-0.15, -0.1) is 10.2 Å². The molecule has 2 heterocycles. The maximum Gasteiger partial charge on any atom is 0.273 e. The van der Waals surface area contributed by atoms with Crippen LogP contribution >= 0.6 is 0 Å². The van der Waals surface area contributed by atoms with Crippen LogP contribution in [0.1, 0.15) is 26.0 Å². The van der Waals surface area contributed by atoms with Crippen LogP contribution in [0.3, 0.4) is 0 Å². The standard InChI is InChI=1S/C26H31N5O4/c1-18(2)35-22-9-4-6-19(16-22)25-27-26(33)23(28-29-25)10-11-24(32)31-14-12-30(13-15-31)20-7-5-8-21(17-20)34-3/h4-9,16-18H,10-15H2,1-3H3,(H,27,29,33). The van der Waals surface area contributed by atoms with Gasteiger partial charge >= 0.3 is 0 Å². The summed E-state index contributed by atoms with van der Waals surface area (Å²) in [5.74, 6) is 1.89. The molecule has 0 atom stereocenters. The summed E-state index contributed by atoms with van der Waals surface area (Å²) in [4.78, 5) is 32.2. The lowest BCUT2D eigenvalue weighted by Gasteiger charge is -2.36. The maximum atomic E-state index is 12.8. The predicted molar refractivity (Wildman–Crippen MR) is 134 cm³/mol.